The third-order valence-electron chi connectivity index (χ3n) is 2.78. The van der Waals surface area contributed by atoms with Crippen LogP contribution < -0.4 is 5.32 Å². The molecule has 0 bridgehead atoms. The Kier molecular flexibility index (Phi) is 4.47. The van der Waals surface area contributed by atoms with Gasteiger partial charge in [0.25, 0.3) is 0 Å². The third kappa shape index (κ3) is 3.50. The maximum Gasteiger partial charge on any atom is 0.141 e. The van der Waals surface area contributed by atoms with Crippen LogP contribution in [-0.2, 0) is 0 Å². The molecule has 0 amide bonds. The third-order valence-corrected chi connectivity index (χ3v) is 3.43. The molecular weight excluding hydrogens is 314 g/mol. The van der Waals surface area contributed by atoms with Crippen LogP contribution in [0.15, 0.2) is 41.0 Å². The van der Waals surface area contributed by atoms with E-state index in [0.717, 1.165) is 17.8 Å². The van der Waals surface area contributed by atoms with Crippen molar-refractivity contribution in [3.05, 3.63) is 58.3 Å². The van der Waals surface area contributed by atoms with Crippen LogP contribution in [0.4, 0.5) is 14.5 Å². The smallest absolute Gasteiger partial charge is 0.141 e. The van der Waals surface area contributed by atoms with Crippen molar-refractivity contribution in [2.75, 3.05) is 5.32 Å². The van der Waals surface area contributed by atoms with Crippen LogP contribution >= 0.6 is 15.9 Å². The monoisotopic (exact) mass is 326 g/mol. The van der Waals surface area contributed by atoms with Crippen LogP contribution in [-0.4, -0.2) is 4.98 Å². The molecule has 0 spiro atoms. The zero-order valence-corrected chi connectivity index (χ0v) is 11.9. The van der Waals surface area contributed by atoms with E-state index in [1.54, 1.807) is 12.1 Å². The highest BCUT2D eigenvalue weighted by Crippen LogP contribution is 2.28. The number of hydrogen-bond acceptors (Lipinski definition) is 2. The lowest BCUT2D eigenvalue weighted by atomic mass is 10.1. The number of hydrogen-bond donors (Lipinski definition) is 1. The molecule has 19 heavy (non-hydrogen) atoms. The van der Waals surface area contributed by atoms with E-state index < -0.39 is 0 Å². The molecule has 1 atom stereocenters. The number of anilines is 1. The molecule has 1 unspecified atom stereocenters. The Bertz CT molecular complexity index is 558. The highest BCUT2D eigenvalue weighted by Gasteiger charge is 2.12. The second-order valence-corrected chi connectivity index (χ2v) is 4.98. The molecule has 0 saturated carbocycles. The molecule has 1 aromatic heterocycles. The molecule has 2 nitrogen and oxygen atoms in total. The van der Waals surface area contributed by atoms with E-state index in [-0.39, 0.29) is 17.7 Å². The quantitative estimate of drug-likeness (QED) is 0.881. The van der Waals surface area contributed by atoms with Gasteiger partial charge in [0, 0.05) is 10.2 Å². The maximum atomic E-state index is 13.0. The Balaban J connectivity index is 2.21. The van der Waals surface area contributed by atoms with Crippen molar-refractivity contribution in [1.82, 2.24) is 4.98 Å². The zero-order chi connectivity index (χ0) is 13.8. The summed E-state index contributed by atoms with van der Waals surface area (Å²) in [6.07, 6.45) is 1.97. The molecule has 1 aromatic carbocycles. The molecule has 1 heterocycles. The van der Waals surface area contributed by atoms with Crippen molar-refractivity contribution < 1.29 is 8.78 Å². The lowest BCUT2D eigenvalue weighted by Crippen LogP contribution is -2.11. The topological polar surface area (TPSA) is 24.9 Å². The van der Waals surface area contributed by atoms with E-state index in [1.807, 2.05) is 6.92 Å². The summed E-state index contributed by atoms with van der Waals surface area (Å²) in [6.45, 7) is 2.00. The van der Waals surface area contributed by atoms with Crippen molar-refractivity contribution in [3.63, 3.8) is 0 Å². The van der Waals surface area contributed by atoms with E-state index in [2.05, 4.69) is 26.2 Å². The van der Waals surface area contributed by atoms with Gasteiger partial charge in [-0.3, -0.25) is 4.98 Å². The minimum Gasteiger partial charge on any atom is -0.376 e. The lowest BCUT2D eigenvalue weighted by Gasteiger charge is -2.18. The van der Waals surface area contributed by atoms with Crippen LogP contribution in [0.3, 0.4) is 0 Å². The van der Waals surface area contributed by atoms with Gasteiger partial charge in [-0.2, -0.15) is 0 Å². The van der Waals surface area contributed by atoms with Crippen LogP contribution in [0, 0.1) is 11.6 Å². The first-order chi connectivity index (χ1) is 9.10. The summed E-state index contributed by atoms with van der Waals surface area (Å²) < 4.78 is 26.5. The van der Waals surface area contributed by atoms with E-state index in [1.165, 1.54) is 24.4 Å². The fraction of sp³-hybridized carbons (Fsp3) is 0.214. The number of nitrogens with one attached hydrogen (secondary N) is 1. The van der Waals surface area contributed by atoms with Gasteiger partial charge in [0.05, 0.1) is 17.9 Å². The first kappa shape index (κ1) is 13.9. The van der Waals surface area contributed by atoms with Crippen LogP contribution in [0.25, 0.3) is 0 Å². The van der Waals surface area contributed by atoms with E-state index in [4.69, 9.17) is 0 Å². The Labute approximate surface area is 119 Å². The largest absolute Gasteiger partial charge is 0.376 e. The first-order valence-corrected chi connectivity index (χ1v) is 6.72. The molecule has 0 aliphatic rings. The fourth-order valence-electron chi connectivity index (χ4n) is 1.77. The molecule has 100 valence electrons. The summed E-state index contributed by atoms with van der Waals surface area (Å²) in [4.78, 5) is 4.07. The molecule has 1 N–H and O–H groups in total. The van der Waals surface area contributed by atoms with Gasteiger partial charge < -0.3 is 5.32 Å². The SMILES string of the molecule is CCC(Nc1ccc(F)cc1Br)c1ccc(F)cn1. The Morgan fingerprint density at radius 2 is 1.95 bits per heavy atom. The van der Waals surface area contributed by atoms with Gasteiger partial charge in [0.2, 0.25) is 0 Å². The van der Waals surface area contributed by atoms with Crippen molar-refractivity contribution in [2.24, 2.45) is 0 Å². The van der Waals surface area contributed by atoms with E-state index in [9.17, 15) is 8.78 Å². The Morgan fingerprint density at radius 3 is 2.53 bits per heavy atom. The van der Waals surface area contributed by atoms with Crippen molar-refractivity contribution in [3.8, 4) is 0 Å². The fourth-order valence-corrected chi connectivity index (χ4v) is 2.24. The van der Waals surface area contributed by atoms with Gasteiger partial charge in [-0.05, 0) is 52.7 Å². The Hall–Kier alpha value is -1.49. The van der Waals surface area contributed by atoms with Crippen molar-refractivity contribution >= 4 is 21.6 Å². The number of benzene rings is 1. The minimum absolute atomic E-state index is 0.0534. The van der Waals surface area contributed by atoms with E-state index >= 15 is 0 Å². The van der Waals surface area contributed by atoms with E-state index in [0.29, 0.717) is 4.47 Å². The van der Waals surface area contributed by atoms with Crippen LogP contribution in [0.5, 0.6) is 0 Å². The summed E-state index contributed by atoms with van der Waals surface area (Å²) in [6, 6.07) is 7.42. The normalized spacial score (nSPS) is 12.2. The Morgan fingerprint density at radius 1 is 1.21 bits per heavy atom. The predicted octanol–water partition coefficient (Wildman–Crippen LogP) is 4.69. The summed E-state index contributed by atoms with van der Waals surface area (Å²) in [5.41, 5.74) is 1.53. The minimum atomic E-state index is -0.360. The molecule has 0 aliphatic heterocycles. The summed E-state index contributed by atoms with van der Waals surface area (Å²) in [5.74, 6) is -0.660. The van der Waals surface area contributed by atoms with Gasteiger partial charge in [-0.1, -0.05) is 6.92 Å². The van der Waals surface area contributed by atoms with Gasteiger partial charge in [0.15, 0.2) is 0 Å². The highest BCUT2D eigenvalue weighted by atomic mass is 79.9. The number of aromatic nitrogens is 1. The average Bonchev–Trinajstić information content (AvgIpc) is 2.39. The summed E-state index contributed by atoms with van der Waals surface area (Å²) in [5, 5.41) is 3.26. The maximum absolute atomic E-state index is 13.0. The average molecular weight is 327 g/mol. The molecule has 0 aliphatic carbocycles. The second-order valence-electron chi connectivity index (χ2n) is 4.13. The molecular formula is C14H13BrF2N2. The van der Waals surface area contributed by atoms with Gasteiger partial charge in [0.1, 0.15) is 11.6 Å². The molecule has 5 heteroatoms. The summed E-state index contributed by atoms with van der Waals surface area (Å²) >= 11 is 3.31. The number of nitrogens with zero attached hydrogens (tertiary/aromatic N) is 1. The zero-order valence-electron chi connectivity index (χ0n) is 10.3. The highest BCUT2D eigenvalue weighted by molar-refractivity contribution is 9.10. The second kappa shape index (κ2) is 6.10. The van der Waals surface area contributed by atoms with Gasteiger partial charge in [-0.15, -0.1) is 0 Å². The first-order valence-electron chi connectivity index (χ1n) is 5.93. The van der Waals surface area contributed by atoms with Gasteiger partial charge in [-0.25, -0.2) is 8.78 Å². The predicted molar refractivity (Wildman–Crippen MR) is 74.9 cm³/mol. The molecule has 0 saturated heterocycles. The van der Waals surface area contributed by atoms with Crippen molar-refractivity contribution in [2.45, 2.75) is 19.4 Å². The molecule has 0 radical (unpaired) electrons. The van der Waals surface area contributed by atoms with Crippen LogP contribution in [0.1, 0.15) is 25.1 Å². The number of rotatable bonds is 4. The number of halogens is 3. The van der Waals surface area contributed by atoms with Crippen LogP contribution in [0.2, 0.25) is 0 Å². The summed E-state index contributed by atoms with van der Waals surface area (Å²) in [7, 11) is 0. The molecule has 0 fully saturated rings. The lowest BCUT2D eigenvalue weighted by molar-refractivity contribution is 0.614. The molecule has 2 aromatic rings. The van der Waals surface area contributed by atoms with Crippen molar-refractivity contribution in [1.29, 1.82) is 0 Å². The van der Waals surface area contributed by atoms with Gasteiger partial charge >= 0.3 is 0 Å². The standard InChI is InChI=1S/C14H13BrF2N2/c1-2-12(14-6-4-10(17)8-18-14)19-13-5-3-9(16)7-11(13)15/h3-8,12,19H,2H2,1H3. The molecule has 2 rings (SSSR count). The number of pyridine rings is 1.